The molecule has 0 radical (unpaired) electrons. The van der Waals surface area contributed by atoms with Crippen LogP contribution >= 0.6 is 0 Å². The van der Waals surface area contributed by atoms with Gasteiger partial charge in [-0.3, -0.25) is 0 Å². The first-order valence-corrected chi connectivity index (χ1v) is 7.88. The van der Waals surface area contributed by atoms with Crippen LogP contribution in [-0.2, 0) is 0 Å². The molecule has 0 aromatic rings. The highest BCUT2D eigenvalue weighted by molar-refractivity contribution is 4.76. The van der Waals surface area contributed by atoms with Crippen molar-refractivity contribution in [1.82, 2.24) is 5.32 Å². The molecule has 1 unspecified atom stereocenters. The summed E-state index contributed by atoms with van der Waals surface area (Å²) in [4.78, 5) is 0. The second-order valence-electron chi connectivity index (χ2n) is 5.87. The highest BCUT2D eigenvalue weighted by Crippen LogP contribution is 2.22. The Balaban J connectivity index is 4.25. The van der Waals surface area contributed by atoms with Gasteiger partial charge >= 0.3 is 0 Å². The van der Waals surface area contributed by atoms with Crippen molar-refractivity contribution in [1.29, 1.82) is 0 Å². The fourth-order valence-electron chi connectivity index (χ4n) is 2.64. The molecule has 0 aliphatic heterocycles. The zero-order chi connectivity index (χ0) is 13.1. The summed E-state index contributed by atoms with van der Waals surface area (Å²) in [5.41, 5.74) is 0. The van der Waals surface area contributed by atoms with E-state index in [0.29, 0.717) is 0 Å². The van der Waals surface area contributed by atoms with E-state index in [0.717, 1.165) is 17.9 Å². The molecule has 104 valence electrons. The molecule has 0 fully saturated rings. The molecule has 0 aromatic heterocycles. The van der Waals surface area contributed by atoms with Gasteiger partial charge in [0, 0.05) is 6.04 Å². The lowest BCUT2D eigenvalue weighted by Gasteiger charge is -2.28. The summed E-state index contributed by atoms with van der Waals surface area (Å²) in [6.45, 7) is 12.8. The van der Waals surface area contributed by atoms with Crippen LogP contribution in [0.1, 0.15) is 79.6 Å². The minimum Gasteiger partial charge on any atom is -0.314 e. The summed E-state index contributed by atoms with van der Waals surface area (Å²) < 4.78 is 0. The minimum absolute atomic E-state index is 0.761. The fraction of sp³-hybridized carbons (Fsp3) is 1.00. The highest BCUT2D eigenvalue weighted by atomic mass is 14.9. The highest BCUT2D eigenvalue weighted by Gasteiger charge is 2.19. The molecule has 0 aromatic carbocycles. The zero-order valence-electron chi connectivity index (χ0n) is 12.9. The number of hydrogen-bond acceptors (Lipinski definition) is 1. The normalized spacial score (nSPS) is 13.6. The van der Waals surface area contributed by atoms with Crippen LogP contribution in [-0.4, -0.2) is 12.6 Å². The zero-order valence-corrected chi connectivity index (χ0v) is 12.9. The summed E-state index contributed by atoms with van der Waals surface area (Å²) in [6, 6.07) is 0.761. The Labute approximate surface area is 110 Å². The van der Waals surface area contributed by atoms with Crippen LogP contribution in [0.5, 0.6) is 0 Å². The summed E-state index contributed by atoms with van der Waals surface area (Å²) in [6.07, 6.45) is 9.44. The lowest BCUT2D eigenvalue weighted by atomic mass is 9.86. The van der Waals surface area contributed by atoms with E-state index in [2.05, 4.69) is 39.9 Å². The van der Waals surface area contributed by atoms with Crippen molar-refractivity contribution >= 4 is 0 Å². The van der Waals surface area contributed by atoms with Crippen LogP contribution in [0.15, 0.2) is 0 Å². The van der Waals surface area contributed by atoms with Crippen LogP contribution < -0.4 is 5.32 Å². The maximum Gasteiger partial charge on any atom is 0.00954 e. The topological polar surface area (TPSA) is 12.0 Å². The van der Waals surface area contributed by atoms with Crippen LogP contribution in [0.4, 0.5) is 0 Å². The van der Waals surface area contributed by atoms with Crippen LogP contribution in [0.3, 0.4) is 0 Å². The summed E-state index contributed by atoms with van der Waals surface area (Å²) >= 11 is 0. The Morgan fingerprint density at radius 2 is 1.35 bits per heavy atom. The molecule has 0 bridgehead atoms. The number of rotatable bonds is 11. The molecule has 0 heterocycles. The molecule has 0 amide bonds. The molecule has 1 heteroatoms. The van der Waals surface area contributed by atoms with E-state index in [-0.39, 0.29) is 0 Å². The lowest BCUT2D eigenvalue weighted by Crippen LogP contribution is -2.37. The maximum atomic E-state index is 3.79. The average molecular weight is 241 g/mol. The number of hydrogen-bond donors (Lipinski definition) is 1. The van der Waals surface area contributed by atoms with Crippen molar-refractivity contribution in [2.75, 3.05) is 6.54 Å². The summed E-state index contributed by atoms with van der Waals surface area (Å²) in [7, 11) is 0. The molecule has 0 aliphatic rings. The predicted octanol–water partition coefficient (Wildman–Crippen LogP) is 5.01. The summed E-state index contributed by atoms with van der Waals surface area (Å²) in [5, 5.41) is 3.79. The smallest absolute Gasteiger partial charge is 0.00954 e. The molecular formula is C16H35N. The van der Waals surface area contributed by atoms with Gasteiger partial charge in [0.15, 0.2) is 0 Å². The molecule has 0 saturated heterocycles. The van der Waals surface area contributed by atoms with Gasteiger partial charge in [-0.15, -0.1) is 0 Å². The molecule has 0 aliphatic carbocycles. The van der Waals surface area contributed by atoms with E-state index in [9.17, 15) is 0 Å². The van der Waals surface area contributed by atoms with E-state index < -0.39 is 0 Å². The quantitative estimate of drug-likeness (QED) is 0.536. The minimum atomic E-state index is 0.761. The first-order valence-electron chi connectivity index (χ1n) is 7.88. The van der Waals surface area contributed by atoms with Gasteiger partial charge in [-0.05, 0) is 50.5 Å². The van der Waals surface area contributed by atoms with Gasteiger partial charge in [-0.1, -0.05) is 47.5 Å². The standard InChI is InChI=1S/C16H35N/c1-6-9-15(10-7-2)16(17-13-8-3)12-11-14(4)5/h14-17H,6-13H2,1-5H3. The molecule has 0 rings (SSSR count). The van der Waals surface area contributed by atoms with Crippen molar-refractivity contribution in [3.8, 4) is 0 Å². The van der Waals surface area contributed by atoms with Crippen LogP contribution in [0.25, 0.3) is 0 Å². The second kappa shape index (κ2) is 11.1. The van der Waals surface area contributed by atoms with E-state index in [1.807, 2.05) is 0 Å². The number of nitrogens with one attached hydrogen (secondary N) is 1. The van der Waals surface area contributed by atoms with Crippen molar-refractivity contribution in [2.24, 2.45) is 11.8 Å². The van der Waals surface area contributed by atoms with Gasteiger partial charge in [0.25, 0.3) is 0 Å². The maximum absolute atomic E-state index is 3.79. The Bertz CT molecular complexity index is 148. The molecule has 0 saturated carbocycles. The van der Waals surface area contributed by atoms with Crippen LogP contribution in [0.2, 0.25) is 0 Å². The van der Waals surface area contributed by atoms with Gasteiger partial charge < -0.3 is 5.32 Å². The largest absolute Gasteiger partial charge is 0.314 e. The molecule has 17 heavy (non-hydrogen) atoms. The first kappa shape index (κ1) is 17.0. The lowest BCUT2D eigenvalue weighted by molar-refractivity contribution is 0.283. The Kier molecular flexibility index (Phi) is 11.0. The molecule has 0 spiro atoms. The molecular weight excluding hydrogens is 206 g/mol. The molecule has 1 nitrogen and oxygen atoms in total. The predicted molar refractivity (Wildman–Crippen MR) is 79.5 cm³/mol. The first-order chi connectivity index (χ1) is 8.15. The second-order valence-corrected chi connectivity index (χ2v) is 5.87. The van der Waals surface area contributed by atoms with E-state index in [1.165, 1.54) is 51.5 Å². The van der Waals surface area contributed by atoms with Crippen molar-refractivity contribution < 1.29 is 0 Å². The third-order valence-electron chi connectivity index (χ3n) is 3.60. The van der Waals surface area contributed by atoms with Crippen molar-refractivity contribution in [2.45, 2.75) is 85.6 Å². The Morgan fingerprint density at radius 1 is 0.765 bits per heavy atom. The van der Waals surface area contributed by atoms with Gasteiger partial charge in [-0.2, -0.15) is 0 Å². The van der Waals surface area contributed by atoms with Crippen LogP contribution in [0, 0.1) is 11.8 Å². The van der Waals surface area contributed by atoms with E-state index >= 15 is 0 Å². The third kappa shape index (κ3) is 8.65. The fourth-order valence-corrected chi connectivity index (χ4v) is 2.64. The SMILES string of the molecule is CCCNC(CCC(C)C)C(CCC)CCC. The average Bonchev–Trinajstić information content (AvgIpc) is 2.29. The van der Waals surface area contributed by atoms with Gasteiger partial charge in [0.05, 0.1) is 0 Å². The van der Waals surface area contributed by atoms with Crippen molar-refractivity contribution in [3.63, 3.8) is 0 Å². The molecule has 1 N–H and O–H groups in total. The Hall–Kier alpha value is -0.0400. The third-order valence-corrected chi connectivity index (χ3v) is 3.60. The van der Waals surface area contributed by atoms with Gasteiger partial charge in [0.1, 0.15) is 0 Å². The monoisotopic (exact) mass is 241 g/mol. The summed E-state index contributed by atoms with van der Waals surface area (Å²) in [5.74, 6) is 1.74. The molecule has 1 atom stereocenters. The van der Waals surface area contributed by atoms with Gasteiger partial charge in [-0.25, -0.2) is 0 Å². The van der Waals surface area contributed by atoms with Crippen molar-refractivity contribution in [3.05, 3.63) is 0 Å². The van der Waals surface area contributed by atoms with E-state index in [4.69, 9.17) is 0 Å². The van der Waals surface area contributed by atoms with E-state index in [1.54, 1.807) is 0 Å². The Morgan fingerprint density at radius 3 is 1.76 bits per heavy atom. The van der Waals surface area contributed by atoms with Gasteiger partial charge in [0.2, 0.25) is 0 Å².